The number of anilines is 1. The first-order chi connectivity index (χ1) is 10.3. The van der Waals surface area contributed by atoms with Crippen molar-refractivity contribution in [3.63, 3.8) is 0 Å². The Kier molecular flexibility index (Phi) is 4.80. The van der Waals surface area contributed by atoms with Gasteiger partial charge in [-0.25, -0.2) is 4.98 Å². The minimum atomic E-state index is 0.685. The molecular formula is C16H26N4S. The number of nitrogens with one attached hydrogen (secondary N) is 1. The van der Waals surface area contributed by atoms with Crippen LogP contribution in [0.25, 0.3) is 4.96 Å². The molecule has 0 aliphatic heterocycles. The summed E-state index contributed by atoms with van der Waals surface area (Å²) in [7, 11) is 0. The predicted octanol–water partition coefficient (Wildman–Crippen LogP) is 3.66. The molecule has 1 N–H and O–H groups in total. The molecule has 1 fully saturated rings. The molecule has 0 bridgehead atoms. The van der Waals surface area contributed by atoms with Crippen molar-refractivity contribution in [1.29, 1.82) is 0 Å². The lowest BCUT2D eigenvalue weighted by Gasteiger charge is -2.28. The second-order valence-electron chi connectivity index (χ2n) is 5.84. The van der Waals surface area contributed by atoms with Crippen LogP contribution < -0.4 is 10.2 Å². The van der Waals surface area contributed by atoms with Crippen molar-refractivity contribution in [2.24, 2.45) is 0 Å². The van der Waals surface area contributed by atoms with Crippen molar-refractivity contribution < 1.29 is 0 Å². The summed E-state index contributed by atoms with van der Waals surface area (Å²) < 4.78 is 2.26. The van der Waals surface area contributed by atoms with E-state index >= 15 is 0 Å². The van der Waals surface area contributed by atoms with Crippen molar-refractivity contribution in [2.45, 2.75) is 58.5 Å². The minimum absolute atomic E-state index is 0.685. The second kappa shape index (κ2) is 6.79. The molecule has 1 aliphatic carbocycles. The maximum atomic E-state index is 4.93. The Hall–Kier alpha value is -1.07. The molecule has 4 nitrogen and oxygen atoms in total. The zero-order chi connectivity index (χ0) is 14.7. The Morgan fingerprint density at radius 2 is 2.19 bits per heavy atom. The van der Waals surface area contributed by atoms with Gasteiger partial charge in [0.25, 0.3) is 0 Å². The molecule has 2 aromatic rings. The first-order valence-corrected chi connectivity index (χ1v) is 9.14. The Labute approximate surface area is 131 Å². The molecule has 0 unspecified atom stereocenters. The van der Waals surface area contributed by atoms with E-state index in [2.05, 4.69) is 40.0 Å². The van der Waals surface area contributed by atoms with Gasteiger partial charge in [0, 0.05) is 30.7 Å². The maximum Gasteiger partial charge on any atom is 0.195 e. The van der Waals surface area contributed by atoms with E-state index in [0.29, 0.717) is 6.04 Å². The monoisotopic (exact) mass is 306 g/mol. The lowest BCUT2D eigenvalue weighted by molar-refractivity contribution is 0.603. The zero-order valence-corrected chi connectivity index (χ0v) is 14.0. The molecule has 21 heavy (non-hydrogen) atoms. The second-order valence-corrected chi connectivity index (χ2v) is 6.71. The van der Waals surface area contributed by atoms with Crippen LogP contribution >= 0.6 is 11.3 Å². The van der Waals surface area contributed by atoms with Gasteiger partial charge >= 0.3 is 0 Å². The lowest BCUT2D eigenvalue weighted by atomic mass is 10.2. The van der Waals surface area contributed by atoms with Crippen molar-refractivity contribution in [3.05, 3.63) is 17.3 Å². The summed E-state index contributed by atoms with van der Waals surface area (Å²) in [6.45, 7) is 7.49. The highest BCUT2D eigenvalue weighted by atomic mass is 32.1. The van der Waals surface area contributed by atoms with Crippen molar-refractivity contribution in [1.82, 2.24) is 14.7 Å². The van der Waals surface area contributed by atoms with Gasteiger partial charge in [0.05, 0.1) is 5.69 Å². The van der Waals surface area contributed by atoms with Crippen molar-refractivity contribution in [3.8, 4) is 0 Å². The van der Waals surface area contributed by atoms with E-state index in [0.717, 1.165) is 24.6 Å². The van der Waals surface area contributed by atoms with Gasteiger partial charge in [0.15, 0.2) is 10.8 Å². The quantitative estimate of drug-likeness (QED) is 0.792. The number of thiazole rings is 1. The van der Waals surface area contributed by atoms with Gasteiger partial charge in [-0.15, -0.1) is 11.3 Å². The van der Waals surface area contributed by atoms with Crippen LogP contribution in [0.5, 0.6) is 0 Å². The Morgan fingerprint density at radius 3 is 2.90 bits per heavy atom. The molecule has 2 aromatic heterocycles. The maximum absolute atomic E-state index is 4.93. The van der Waals surface area contributed by atoms with E-state index in [1.807, 2.05) is 0 Å². The highest BCUT2D eigenvalue weighted by Crippen LogP contribution is 2.31. The van der Waals surface area contributed by atoms with E-state index < -0.39 is 0 Å². The molecule has 2 heterocycles. The van der Waals surface area contributed by atoms with Gasteiger partial charge in [0.2, 0.25) is 0 Å². The van der Waals surface area contributed by atoms with Crippen LogP contribution in [0.15, 0.2) is 11.6 Å². The summed E-state index contributed by atoms with van der Waals surface area (Å²) in [4.78, 5) is 8.59. The van der Waals surface area contributed by atoms with E-state index in [1.165, 1.54) is 43.6 Å². The third kappa shape index (κ3) is 2.94. The average Bonchev–Trinajstić information content (AvgIpc) is 3.19. The number of fused-ring (bicyclic) bond motifs is 1. The smallest absolute Gasteiger partial charge is 0.195 e. The first kappa shape index (κ1) is 14.9. The molecule has 0 spiro atoms. The predicted molar refractivity (Wildman–Crippen MR) is 90.3 cm³/mol. The summed E-state index contributed by atoms with van der Waals surface area (Å²) >= 11 is 1.73. The molecular weight excluding hydrogens is 280 g/mol. The van der Waals surface area contributed by atoms with Crippen molar-refractivity contribution in [2.75, 3.05) is 18.0 Å². The van der Waals surface area contributed by atoms with Crippen LogP contribution in [0.3, 0.4) is 0 Å². The molecule has 0 aromatic carbocycles. The number of nitrogens with zero attached hydrogens (tertiary/aromatic N) is 3. The number of hydrogen-bond acceptors (Lipinski definition) is 4. The van der Waals surface area contributed by atoms with Gasteiger partial charge in [-0.2, -0.15) is 0 Å². The van der Waals surface area contributed by atoms with E-state index in [4.69, 9.17) is 4.98 Å². The molecule has 5 heteroatoms. The van der Waals surface area contributed by atoms with E-state index in [-0.39, 0.29) is 0 Å². The summed E-state index contributed by atoms with van der Waals surface area (Å²) in [5.41, 5.74) is 1.33. The van der Waals surface area contributed by atoms with E-state index in [9.17, 15) is 0 Å². The Bertz CT molecular complexity index is 568. The number of imidazole rings is 1. The Balaban J connectivity index is 1.91. The zero-order valence-electron chi connectivity index (χ0n) is 13.1. The largest absolute Gasteiger partial charge is 0.352 e. The van der Waals surface area contributed by atoms with Crippen LogP contribution in [-0.4, -0.2) is 28.5 Å². The number of hydrogen-bond donors (Lipinski definition) is 1. The molecule has 3 rings (SSSR count). The van der Waals surface area contributed by atoms with Gasteiger partial charge in [-0.1, -0.05) is 19.8 Å². The fourth-order valence-electron chi connectivity index (χ4n) is 3.40. The first-order valence-electron chi connectivity index (χ1n) is 8.27. The topological polar surface area (TPSA) is 32.6 Å². The highest BCUT2D eigenvalue weighted by molar-refractivity contribution is 7.15. The van der Waals surface area contributed by atoms with Gasteiger partial charge in [-0.3, -0.25) is 4.40 Å². The number of aromatic nitrogens is 2. The van der Waals surface area contributed by atoms with Crippen molar-refractivity contribution >= 4 is 22.1 Å². The molecule has 1 aliphatic rings. The molecule has 0 atom stereocenters. The fourth-order valence-corrected chi connectivity index (χ4v) is 4.12. The van der Waals surface area contributed by atoms with Crippen LogP contribution in [0.2, 0.25) is 0 Å². The SMILES string of the molecule is CCCNCc1c(N(CC)C2CCCC2)nc2sccn12. The van der Waals surface area contributed by atoms with Gasteiger partial charge in [0.1, 0.15) is 0 Å². The normalized spacial score (nSPS) is 16.1. The minimum Gasteiger partial charge on any atom is -0.352 e. The molecule has 1 saturated carbocycles. The van der Waals surface area contributed by atoms with Crippen LogP contribution in [0, 0.1) is 0 Å². The van der Waals surface area contributed by atoms with Gasteiger partial charge < -0.3 is 10.2 Å². The summed E-state index contributed by atoms with van der Waals surface area (Å²) in [5, 5.41) is 5.67. The van der Waals surface area contributed by atoms with Crippen LogP contribution in [-0.2, 0) is 6.54 Å². The summed E-state index contributed by atoms with van der Waals surface area (Å²) in [5.74, 6) is 1.21. The highest BCUT2D eigenvalue weighted by Gasteiger charge is 2.26. The van der Waals surface area contributed by atoms with Crippen LogP contribution in [0.4, 0.5) is 5.82 Å². The summed E-state index contributed by atoms with van der Waals surface area (Å²) in [6, 6.07) is 0.685. The number of rotatable bonds is 7. The van der Waals surface area contributed by atoms with E-state index in [1.54, 1.807) is 11.3 Å². The third-order valence-electron chi connectivity index (χ3n) is 4.44. The molecule has 0 amide bonds. The third-order valence-corrected chi connectivity index (χ3v) is 5.19. The van der Waals surface area contributed by atoms with Gasteiger partial charge in [-0.05, 0) is 32.7 Å². The molecule has 0 saturated heterocycles. The lowest BCUT2D eigenvalue weighted by Crippen LogP contribution is -2.34. The molecule has 116 valence electrons. The molecule has 0 radical (unpaired) electrons. The fraction of sp³-hybridized carbons (Fsp3) is 0.688. The average molecular weight is 306 g/mol. The Morgan fingerprint density at radius 1 is 1.38 bits per heavy atom. The standard InChI is InChI=1S/C16H26N4S/c1-3-9-17-12-14-15(18-16-20(14)10-11-21-16)19(4-2)13-7-5-6-8-13/h10-11,13,17H,3-9,12H2,1-2H3. The summed E-state index contributed by atoms with van der Waals surface area (Å²) in [6.07, 6.45) is 8.70. The van der Waals surface area contributed by atoms with Crippen LogP contribution in [0.1, 0.15) is 51.6 Å².